The SMILES string of the molecule is ClCCOCC1CCCCO1. The van der Waals surface area contributed by atoms with Crippen LogP contribution in [0.1, 0.15) is 19.3 Å². The molecule has 1 heterocycles. The third-order valence-corrected chi connectivity index (χ3v) is 1.95. The third-order valence-electron chi connectivity index (χ3n) is 1.80. The smallest absolute Gasteiger partial charge is 0.0808 e. The van der Waals surface area contributed by atoms with Gasteiger partial charge in [-0.25, -0.2) is 0 Å². The first-order chi connectivity index (χ1) is 5.43. The summed E-state index contributed by atoms with van der Waals surface area (Å²) < 4.78 is 10.7. The number of hydrogen-bond acceptors (Lipinski definition) is 2. The van der Waals surface area contributed by atoms with E-state index < -0.39 is 0 Å². The number of hydrogen-bond donors (Lipinski definition) is 0. The summed E-state index contributed by atoms with van der Waals surface area (Å²) in [5.74, 6) is 0.576. The third kappa shape index (κ3) is 3.94. The fraction of sp³-hybridized carbons (Fsp3) is 1.00. The lowest BCUT2D eigenvalue weighted by Crippen LogP contribution is -2.24. The van der Waals surface area contributed by atoms with Gasteiger partial charge in [-0.3, -0.25) is 0 Å². The molecule has 1 rings (SSSR count). The summed E-state index contributed by atoms with van der Waals surface area (Å²) >= 11 is 5.45. The van der Waals surface area contributed by atoms with Gasteiger partial charge < -0.3 is 9.47 Å². The molecule has 0 aliphatic carbocycles. The molecule has 2 nitrogen and oxygen atoms in total. The minimum absolute atomic E-state index is 0.326. The molecule has 0 saturated carbocycles. The molecule has 0 aromatic heterocycles. The molecule has 1 unspecified atom stereocenters. The van der Waals surface area contributed by atoms with Crippen LogP contribution in [0.4, 0.5) is 0 Å². The van der Waals surface area contributed by atoms with Crippen molar-refractivity contribution in [3.63, 3.8) is 0 Å². The number of rotatable bonds is 4. The van der Waals surface area contributed by atoms with Crippen LogP contribution in [0, 0.1) is 0 Å². The van der Waals surface area contributed by atoms with Crippen LogP contribution in [0.2, 0.25) is 0 Å². The predicted octanol–water partition coefficient (Wildman–Crippen LogP) is 1.81. The summed E-state index contributed by atoms with van der Waals surface area (Å²) in [6, 6.07) is 0. The summed E-state index contributed by atoms with van der Waals surface area (Å²) in [4.78, 5) is 0. The van der Waals surface area contributed by atoms with Crippen LogP contribution in [-0.4, -0.2) is 31.8 Å². The lowest BCUT2D eigenvalue weighted by Gasteiger charge is -2.21. The van der Waals surface area contributed by atoms with Crippen molar-refractivity contribution in [3.05, 3.63) is 0 Å². The Balaban J connectivity index is 1.96. The molecule has 11 heavy (non-hydrogen) atoms. The maximum Gasteiger partial charge on any atom is 0.0808 e. The lowest BCUT2D eigenvalue weighted by molar-refractivity contribution is -0.0378. The van der Waals surface area contributed by atoms with Gasteiger partial charge in [0.15, 0.2) is 0 Å². The molecule has 1 aliphatic rings. The van der Waals surface area contributed by atoms with Crippen molar-refractivity contribution in [2.45, 2.75) is 25.4 Å². The summed E-state index contributed by atoms with van der Waals surface area (Å²) in [5, 5.41) is 0. The largest absolute Gasteiger partial charge is 0.378 e. The molecule has 1 fully saturated rings. The Morgan fingerprint density at radius 3 is 3.00 bits per heavy atom. The van der Waals surface area contributed by atoms with Crippen LogP contribution < -0.4 is 0 Å². The van der Waals surface area contributed by atoms with Crippen molar-refractivity contribution in [2.75, 3.05) is 25.7 Å². The Hall–Kier alpha value is 0.210. The molecular weight excluding hydrogens is 164 g/mol. The van der Waals surface area contributed by atoms with E-state index >= 15 is 0 Å². The van der Waals surface area contributed by atoms with Gasteiger partial charge in [0.25, 0.3) is 0 Å². The second-order valence-electron chi connectivity index (χ2n) is 2.75. The molecule has 0 aromatic rings. The van der Waals surface area contributed by atoms with Crippen LogP contribution in [0.3, 0.4) is 0 Å². The summed E-state index contributed by atoms with van der Waals surface area (Å²) in [6.45, 7) is 2.25. The zero-order valence-corrected chi connectivity index (χ0v) is 7.48. The van der Waals surface area contributed by atoms with E-state index in [2.05, 4.69) is 0 Å². The first-order valence-electron chi connectivity index (χ1n) is 4.19. The van der Waals surface area contributed by atoms with E-state index in [1.165, 1.54) is 12.8 Å². The summed E-state index contributed by atoms with van der Waals surface area (Å²) in [5.41, 5.74) is 0. The maximum absolute atomic E-state index is 5.46. The average Bonchev–Trinajstić information content (AvgIpc) is 2.07. The van der Waals surface area contributed by atoms with E-state index in [0.717, 1.165) is 13.0 Å². The zero-order chi connectivity index (χ0) is 7.94. The molecule has 0 radical (unpaired) electrons. The molecular formula is C8H15ClO2. The van der Waals surface area contributed by atoms with Gasteiger partial charge in [0.1, 0.15) is 0 Å². The second kappa shape index (κ2) is 5.81. The first kappa shape index (κ1) is 9.30. The van der Waals surface area contributed by atoms with Crippen molar-refractivity contribution >= 4 is 11.6 Å². The van der Waals surface area contributed by atoms with Crippen molar-refractivity contribution in [3.8, 4) is 0 Å². The number of halogens is 1. The van der Waals surface area contributed by atoms with Crippen LogP contribution in [0.15, 0.2) is 0 Å². The van der Waals surface area contributed by atoms with Crippen molar-refractivity contribution in [2.24, 2.45) is 0 Å². The highest BCUT2D eigenvalue weighted by Crippen LogP contribution is 2.12. The molecule has 3 heteroatoms. The zero-order valence-electron chi connectivity index (χ0n) is 6.72. The van der Waals surface area contributed by atoms with Crippen LogP contribution in [0.5, 0.6) is 0 Å². The van der Waals surface area contributed by atoms with E-state index in [-0.39, 0.29) is 0 Å². The molecule has 1 aliphatic heterocycles. The monoisotopic (exact) mass is 178 g/mol. The van der Waals surface area contributed by atoms with Gasteiger partial charge in [-0.1, -0.05) is 0 Å². The molecule has 1 atom stereocenters. The van der Waals surface area contributed by atoms with Crippen LogP contribution >= 0.6 is 11.6 Å². The Labute approximate surface area is 72.8 Å². The fourth-order valence-electron chi connectivity index (χ4n) is 1.21. The van der Waals surface area contributed by atoms with E-state index in [1.54, 1.807) is 0 Å². The van der Waals surface area contributed by atoms with E-state index in [1.807, 2.05) is 0 Å². The molecule has 66 valence electrons. The standard InChI is InChI=1S/C8H15ClO2/c9-4-6-10-7-8-3-1-2-5-11-8/h8H,1-7H2. The molecule has 0 spiro atoms. The highest BCUT2D eigenvalue weighted by atomic mass is 35.5. The topological polar surface area (TPSA) is 18.5 Å². The highest BCUT2D eigenvalue weighted by molar-refractivity contribution is 6.17. The Morgan fingerprint density at radius 2 is 2.36 bits per heavy atom. The Bertz CT molecular complexity index is 92.1. The minimum Gasteiger partial charge on any atom is -0.378 e. The number of alkyl halides is 1. The first-order valence-corrected chi connectivity index (χ1v) is 4.72. The van der Waals surface area contributed by atoms with Gasteiger partial charge in [-0.2, -0.15) is 0 Å². The predicted molar refractivity (Wildman–Crippen MR) is 45.1 cm³/mol. The van der Waals surface area contributed by atoms with E-state index in [9.17, 15) is 0 Å². The van der Waals surface area contributed by atoms with Crippen LogP contribution in [-0.2, 0) is 9.47 Å². The quantitative estimate of drug-likeness (QED) is 0.483. The van der Waals surface area contributed by atoms with Crippen molar-refractivity contribution in [1.82, 2.24) is 0 Å². The molecule has 0 N–H and O–H groups in total. The number of ether oxygens (including phenoxy) is 2. The van der Waals surface area contributed by atoms with Gasteiger partial charge in [0, 0.05) is 12.5 Å². The summed E-state index contributed by atoms with van der Waals surface area (Å²) in [7, 11) is 0. The van der Waals surface area contributed by atoms with Gasteiger partial charge >= 0.3 is 0 Å². The molecule has 0 aromatic carbocycles. The fourth-order valence-corrected chi connectivity index (χ4v) is 1.32. The maximum atomic E-state index is 5.46. The lowest BCUT2D eigenvalue weighted by atomic mass is 10.1. The normalized spacial score (nSPS) is 25.4. The van der Waals surface area contributed by atoms with Gasteiger partial charge in [-0.15, -0.1) is 11.6 Å². The minimum atomic E-state index is 0.326. The molecule has 1 saturated heterocycles. The molecule has 0 amide bonds. The molecule has 0 bridgehead atoms. The van der Waals surface area contributed by atoms with Crippen LogP contribution in [0.25, 0.3) is 0 Å². The second-order valence-corrected chi connectivity index (χ2v) is 3.13. The van der Waals surface area contributed by atoms with Gasteiger partial charge in [0.05, 0.1) is 19.3 Å². The van der Waals surface area contributed by atoms with Gasteiger partial charge in [0.2, 0.25) is 0 Å². The summed E-state index contributed by atoms with van der Waals surface area (Å²) in [6.07, 6.45) is 3.94. The van der Waals surface area contributed by atoms with Crippen molar-refractivity contribution in [1.29, 1.82) is 0 Å². The average molecular weight is 179 g/mol. The van der Waals surface area contributed by atoms with E-state index in [0.29, 0.717) is 25.2 Å². The Kier molecular flexibility index (Phi) is 4.91. The van der Waals surface area contributed by atoms with E-state index in [4.69, 9.17) is 21.1 Å². The van der Waals surface area contributed by atoms with Crippen molar-refractivity contribution < 1.29 is 9.47 Å². The Morgan fingerprint density at radius 1 is 1.45 bits per heavy atom. The highest BCUT2D eigenvalue weighted by Gasteiger charge is 2.12. The van der Waals surface area contributed by atoms with Gasteiger partial charge in [-0.05, 0) is 19.3 Å².